The average Bonchev–Trinajstić information content (AvgIpc) is 2.84. The first-order chi connectivity index (χ1) is 8.29. The van der Waals surface area contributed by atoms with Crippen molar-refractivity contribution in [1.82, 2.24) is 9.88 Å². The standard InChI is InChI=1S/C12H17N5/c13-8-10-7-11(14)9-16-12(10)15-3-6-17-4-1-2-5-17/h7,9H,1-6,14H2,(H,15,16). The monoisotopic (exact) mass is 231 g/mol. The smallest absolute Gasteiger partial charge is 0.144 e. The molecule has 0 atom stereocenters. The van der Waals surface area contributed by atoms with Gasteiger partial charge in [-0.25, -0.2) is 4.98 Å². The van der Waals surface area contributed by atoms with Crippen LogP contribution in [0.3, 0.4) is 0 Å². The summed E-state index contributed by atoms with van der Waals surface area (Å²) < 4.78 is 0. The quantitative estimate of drug-likeness (QED) is 0.809. The average molecular weight is 231 g/mol. The van der Waals surface area contributed by atoms with Crippen molar-refractivity contribution >= 4 is 11.5 Å². The predicted molar refractivity (Wildman–Crippen MR) is 67.5 cm³/mol. The summed E-state index contributed by atoms with van der Waals surface area (Å²) in [5.74, 6) is 0.626. The molecule has 0 aliphatic carbocycles. The number of hydrogen-bond acceptors (Lipinski definition) is 5. The lowest BCUT2D eigenvalue weighted by molar-refractivity contribution is 0.352. The van der Waals surface area contributed by atoms with Gasteiger partial charge >= 0.3 is 0 Å². The minimum Gasteiger partial charge on any atom is -0.397 e. The van der Waals surface area contributed by atoms with Crippen molar-refractivity contribution in [2.75, 3.05) is 37.2 Å². The summed E-state index contributed by atoms with van der Waals surface area (Å²) in [7, 11) is 0. The molecule has 1 fully saturated rings. The minimum atomic E-state index is 0.506. The lowest BCUT2D eigenvalue weighted by Gasteiger charge is -2.15. The highest BCUT2D eigenvalue weighted by Crippen LogP contribution is 2.14. The van der Waals surface area contributed by atoms with Crippen molar-refractivity contribution in [1.29, 1.82) is 5.26 Å². The zero-order valence-electron chi connectivity index (χ0n) is 9.82. The van der Waals surface area contributed by atoms with Gasteiger partial charge in [-0.15, -0.1) is 0 Å². The number of anilines is 2. The van der Waals surface area contributed by atoms with Gasteiger partial charge in [-0.2, -0.15) is 5.26 Å². The van der Waals surface area contributed by atoms with E-state index in [9.17, 15) is 0 Å². The van der Waals surface area contributed by atoms with Crippen LogP contribution in [0.4, 0.5) is 11.5 Å². The first-order valence-electron chi connectivity index (χ1n) is 5.91. The summed E-state index contributed by atoms with van der Waals surface area (Å²) >= 11 is 0. The Bertz CT molecular complexity index is 417. The third-order valence-corrected chi connectivity index (χ3v) is 2.95. The number of nitrogen functional groups attached to an aromatic ring is 1. The molecule has 0 aromatic carbocycles. The molecule has 5 nitrogen and oxygen atoms in total. The number of pyridine rings is 1. The van der Waals surface area contributed by atoms with E-state index in [1.807, 2.05) is 0 Å². The van der Waals surface area contributed by atoms with Crippen molar-refractivity contribution in [3.8, 4) is 6.07 Å². The number of likely N-dealkylation sites (tertiary alicyclic amines) is 1. The molecule has 2 heterocycles. The van der Waals surface area contributed by atoms with Crippen molar-refractivity contribution in [3.05, 3.63) is 17.8 Å². The van der Waals surface area contributed by atoms with Crippen LogP contribution in [0, 0.1) is 11.3 Å². The van der Waals surface area contributed by atoms with Crippen molar-refractivity contribution in [3.63, 3.8) is 0 Å². The van der Waals surface area contributed by atoms with Gasteiger partial charge in [0.15, 0.2) is 0 Å². The molecule has 0 unspecified atom stereocenters. The summed E-state index contributed by atoms with van der Waals surface area (Å²) in [4.78, 5) is 6.55. The van der Waals surface area contributed by atoms with Crippen LogP contribution in [-0.2, 0) is 0 Å². The number of hydrogen-bond donors (Lipinski definition) is 2. The molecule has 1 aromatic heterocycles. The maximum absolute atomic E-state index is 8.96. The molecule has 17 heavy (non-hydrogen) atoms. The van der Waals surface area contributed by atoms with Gasteiger partial charge in [0, 0.05) is 13.1 Å². The molecule has 1 saturated heterocycles. The SMILES string of the molecule is N#Cc1cc(N)cnc1NCCN1CCCC1. The van der Waals surface area contributed by atoms with Gasteiger partial charge in [-0.05, 0) is 32.0 Å². The molecule has 1 aliphatic heterocycles. The fraction of sp³-hybridized carbons (Fsp3) is 0.500. The minimum absolute atomic E-state index is 0.506. The topological polar surface area (TPSA) is 78.0 Å². The Morgan fingerprint density at radius 1 is 1.47 bits per heavy atom. The zero-order valence-corrected chi connectivity index (χ0v) is 9.82. The second-order valence-corrected chi connectivity index (χ2v) is 4.25. The molecular formula is C12H17N5. The van der Waals surface area contributed by atoms with Crippen molar-refractivity contribution in [2.45, 2.75) is 12.8 Å². The van der Waals surface area contributed by atoms with Crippen LogP contribution in [0.15, 0.2) is 12.3 Å². The van der Waals surface area contributed by atoms with Gasteiger partial charge in [0.1, 0.15) is 11.9 Å². The fourth-order valence-electron chi connectivity index (χ4n) is 2.05. The van der Waals surface area contributed by atoms with E-state index in [1.165, 1.54) is 25.9 Å². The predicted octanol–water partition coefficient (Wildman–Crippen LogP) is 1.04. The lowest BCUT2D eigenvalue weighted by atomic mass is 10.2. The maximum Gasteiger partial charge on any atom is 0.144 e. The molecule has 1 aliphatic rings. The lowest BCUT2D eigenvalue weighted by Crippen LogP contribution is -2.26. The molecule has 5 heteroatoms. The fourth-order valence-corrected chi connectivity index (χ4v) is 2.05. The molecule has 0 amide bonds. The molecular weight excluding hydrogens is 214 g/mol. The van der Waals surface area contributed by atoms with Gasteiger partial charge in [0.05, 0.1) is 17.4 Å². The summed E-state index contributed by atoms with van der Waals surface area (Å²) in [5.41, 5.74) is 6.61. The van der Waals surface area contributed by atoms with Crippen LogP contribution >= 0.6 is 0 Å². The molecule has 0 radical (unpaired) electrons. The van der Waals surface area contributed by atoms with Gasteiger partial charge in [0.2, 0.25) is 0 Å². The Labute approximate surface area is 101 Å². The molecule has 90 valence electrons. The van der Waals surface area contributed by atoms with E-state index in [2.05, 4.69) is 21.3 Å². The molecule has 0 spiro atoms. The summed E-state index contributed by atoms with van der Waals surface area (Å²) in [5, 5.41) is 12.1. The molecule has 0 saturated carbocycles. The van der Waals surface area contributed by atoms with E-state index in [0.29, 0.717) is 17.1 Å². The Balaban J connectivity index is 1.88. The van der Waals surface area contributed by atoms with E-state index in [1.54, 1.807) is 12.3 Å². The number of nitrogens with zero attached hydrogens (tertiary/aromatic N) is 3. The zero-order chi connectivity index (χ0) is 12.1. The Morgan fingerprint density at radius 2 is 2.24 bits per heavy atom. The third-order valence-electron chi connectivity index (χ3n) is 2.95. The number of nitriles is 1. The molecule has 2 rings (SSSR count). The second-order valence-electron chi connectivity index (χ2n) is 4.25. The van der Waals surface area contributed by atoms with Crippen LogP contribution in [0.2, 0.25) is 0 Å². The second kappa shape index (κ2) is 5.51. The van der Waals surface area contributed by atoms with Crippen molar-refractivity contribution < 1.29 is 0 Å². The van der Waals surface area contributed by atoms with Crippen LogP contribution in [0.5, 0.6) is 0 Å². The summed E-state index contributed by atoms with van der Waals surface area (Å²) in [6.45, 7) is 4.17. The van der Waals surface area contributed by atoms with E-state index in [0.717, 1.165) is 13.1 Å². The van der Waals surface area contributed by atoms with Crippen LogP contribution < -0.4 is 11.1 Å². The highest BCUT2D eigenvalue weighted by Gasteiger charge is 2.11. The summed E-state index contributed by atoms with van der Waals surface area (Å²) in [6, 6.07) is 3.74. The van der Waals surface area contributed by atoms with Crippen LogP contribution in [-0.4, -0.2) is 36.1 Å². The maximum atomic E-state index is 8.96. The van der Waals surface area contributed by atoms with Crippen LogP contribution in [0.1, 0.15) is 18.4 Å². The highest BCUT2D eigenvalue weighted by atomic mass is 15.2. The summed E-state index contributed by atoms with van der Waals surface area (Å²) in [6.07, 6.45) is 4.16. The van der Waals surface area contributed by atoms with Gasteiger partial charge in [-0.3, -0.25) is 0 Å². The van der Waals surface area contributed by atoms with E-state index >= 15 is 0 Å². The first-order valence-corrected chi connectivity index (χ1v) is 5.91. The van der Waals surface area contributed by atoms with Crippen molar-refractivity contribution in [2.24, 2.45) is 0 Å². The molecule has 1 aromatic rings. The Morgan fingerprint density at radius 3 is 2.94 bits per heavy atom. The number of nitrogens with two attached hydrogens (primary N) is 1. The van der Waals surface area contributed by atoms with E-state index in [-0.39, 0.29) is 0 Å². The Hall–Kier alpha value is -1.80. The Kier molecular flexibility index (Phi) is 3.78. The molecule has 3 N–H and O–H groups in total. The number of nitrogens with one attached hydrogen (secondary N) is 1. The van der Waals surface area contributed by atoms with Gasteiger partial charge in [-0.1, -0.05) is 0 Å². The van der Waals surface area contributed by atoms with E-state index < -0.39 is 0 Å². The normalized spacial score (nSPS) is 15.7. The highest BCUT2D eigenvalue weighted by molar-refractivity contribution is 5.57. The first kappa shape index (κ1) is 11.7. The van der Waals surface area contributed by atoms with Gasteiger partial charge < -0.3 is 16.0 Å². The van der Waals surface area contributed by atoms with Gasteiger partial charge in [0.25, 0.3) is 0 Å². The van der Waals surface area contributed by atoms with Crippen LogP contribution in [0.25, 0.3) is 0 Å². The third kappa shape index (κ3) is 3.08. The largest absolute Gasteiger partial charge is 0.397 e. The van der Waals surface area contributed by atoms with E-state index in [4.69, 9.17) is 11.0 Å². The number of aromatic nitrogens is 1. The number of rotatable bonds is 4. The molecule has 0 bridgehead atoms.